The molecule has 1 heterocycles. The molecule has 0 bridgehead atoms. The number of methoxy groups -OCH3 is 1. The van der Waals surface area contributed by atoms with Crippen LogP contribution in [0.1, 0.15) is 12.0 Å². The van der Waals surface area contributed by atoms with Gasteiger partial charge in [0.15, 0.2) is 0 Å². The normalized spacial score (nSPS) is 15.1. The van der Waals surface area contributed by atoms with Crippen LogP contribution in [0, 0.1) is 0 Å². The molecule has 0 fully saturated rings. The second kappa shape index (κ2) is 4.53. The first-order valence-electron chi connectivity index (χ1n) is 5.33. The summed E-state index contributed by atoms with van der Waals surface area (Å²) >= 11 is 0. The summed E-state index contributed by atoms with van der Waals surface area (Å²) in [7, 11) is 1.62. The number of benzene rings is 1. The first kappa shape index (κ1) is 11.0. The lowest BCUT2D eigenvalue weighted by Gasteiger charge is -2.29. The van der Waals surface area contributed by atoms with Gasteiger partial charge in [-0.2, -0.15) is 0 Å². The molecule has 1 aromatic rings. The maximum Gasteiger partial charge on any atom is 0.227 e. The minimum Gasteiger partial charge on any atom is -0.508 e. The van der Waals surface area contributed by atoms with Gasteiger partial charge in [0, 0.05) is 25.8 Å². The number of hydrogen-bond acceptors (Lipinski definition) is 3. The fraction of sp³-hybridized carbons (Fsp3) is 0.417. The van der Waals surface area contributed by atoms with E-state index in [1.165, 1.54) is 0 Å². The lowest BCUT2D eigenvalue weighted by atomic mass is 10.0. The molecule has 0 aliphatic carbocycles. The maximum absolute atomic E-state index is 11.8. The van der Waals surface area contributed by atoms with E-state index in [1.54, 1.807) is 30.2 Å². The Morgan fingerprint density at radius 3 is 3.00 bits per heavy atom. The standard InChI is InChI=1S/C12H15NO3/c1-16-7-6-13-11-4-3-10(14)8-9(11)2-5-12(13)15/h3-4,8,14H,2,5-7H2,1H3. The smallest absolute Gasteiger partial charge is 0.227 e. The zero-order chi connectivity index (χ0) is 11.5. The van der Waals surface area contributed by atoms with Crippen LogP contribution in [0.25, 0.3) is 0 Å². The van der Waals surface area contributed by atoms with Gasteiger partial charge in [-0.3, -0.25) is 4.79 Å². The monoisotopic (exact) mass is 221 g/mol. The second-order valence-corrected chi connectivity index (χ2v) is 3.85. The lowest BCUT2D eigenvalue weighted by molar-refractivity contribution is -0.119. The van der Waals surface area contributed by atoms with E-state index in [4.69, 9.17) is 4.74 Å². The van der Waals surface area contributed by atoms with Gasteiger partial charge >= 0.3 is 0 Å². The summed E-state index contributed by atoms with van der Waals surface area (Å²) in [6.07, 6.45) is 1.20. The number of nitrogens with zero attached hydrogens (tertiary/aromatic N) is 1. The molecule has 16 heavy (non-hydrogen) atoms. The molecule has 1 amide bonds. The minimum atomic E-state index is 0.121. The molecule has 0 aromatic heterocycles. The first-order chi connectivity index (χ1) is 7.72. The Balaban J connectivity index is 2.29. The zero-order valence-corrected chi connectivity index (χ0v) is 9.27. The molecule has 0 atom stereocenters. The van der Waals surface area contributed by atoms with Crippen molar-refractivity contribution in [1.29, 1.82) is 0 Å². The molecule has 4 nitrogen and oxygen atoms in total. The summed E-state index contributed by atoms with van der Waals surface area (Å²) in [6.45, 7) is 1.08. The van der Waals surface area contributed by atoms with Crippen LogP contribution in [0.5, 0.6) is 5.75 Å². The van der Waals surface area contributed by atoms with Gasteiger partial charge in [0.25, 0.3) is 0 Å². The molecule has 0 radical (unpaired) electrons. The summed E-state index contributed by atoms with van der Waals surface area (Å²) in [4.78, 5) is 13.5. The summed E-state index contributed by atoms with van der Waals surface area (Å²) in [5.74, 6) is 0.370. The van der Waals surface area contributed by atoms with Crippen molar-refractivity contribution in [2.24, 2.45) is 0 Å². The third kappa shape index (κ3) is 2.02. The number of carbonyl (C=O) groups is 1. The predicted molar refractivity (Wildman–Crippen MR) is 60.7 cm³/mol. The van der Waals surface area contributed by atoms with Crippen molar-refractivity contribution in [3.05, 3.63) is 23.8 Å². The molecule has 0 saturated heterocycles. The van der Waals surface area contributed by atoms with Crippen LogP contribution in [-0.2, 0) is 16.0 Å². The van der Waals surface area contributed by atoms with E-state index < -0.39 is 0 Å². The Labute approximate surface area is 94.4 Å². The Bertz CT molecular complexity index is 403. The van der Waals surface area contributed by atoms with E-state index >= 15 is 0 Å². The van der Waals surface area contributed by atoms with Crippen LogP contribution in [0.4, 0.5) is 5.69 Å². The topological polar surface area (TPSA) is 49.8 Å². The quantitative estimate of drug-likeness (QED) is 0.837. The number of fused-ring (bicyclic) bond motifs is 1. The van der Waals surface area contributed by atoms with Crippen molar-refractivity contribution < 1.29 is 14.6 Å². The van der Waals surface area contributed by atoms with Crippen LogP contribution in [0.2, 0.25) is 0 Å². The van der Waals surface area contributed by atoms with Gasteiger partial charge in [0.1, 0.15) is 5.75 Å². The van der Waals surface area contributed by atoms with Crippen molar-refractivity contribution in [2.75, 3.05) is 25.2 Å². The zero-order valence-electron chi connectivity index (χ0n) is 9.27. The fourth-order valence-corrected chi connectivity index (χ4v) is 1.97. The largest absolute Gasteiger partial charge is 0.508 e. The average molecular weight is 221 g/mol. The van der Waals surface area contributed by atoms with E-state index in [0.717, 1.165) is 11.3 Å². The molecule has 1 aromatic carbocycles. The Morgan fingerprint density at radius 1 is 1.44 bits per heavy atom. The summed E-state index contributed by atoms with van der Waals surface area (Å²) in [5, 5.41) is 9.39. The van der Waals surface area contributed by atoms with Gasteiger partial charge in [-0.25, -0.2) is 0 Å². The van der Waals surface area contributed by atoms with E-state index in [2.05, 4.69) is 0 Å². The summed E-state index contributed by atoms with van der Waals surface area (Å²) in [6, 6.07) is 5.12. The van der Waals surface area contributed by atoms with E-state index in [1.807, 2.05) is 0 Å². The van der Waals surface area contributed by atoms with Crippen molar-refractivity contribution >= 4 is 11.6 Å². The predicted octanol–water partition coefficient (Wildman–Crippen LogP) is 1.32. The number of amides is 1. The highest BCUT2D eigenvalue weighted by Crippen LogP contribution is 2.30. The van der Waals surface area contributed by atoms with Crippen LogP contribution in [-0.4, -0.2) is 31.3 Å². The SMILES string of the molecule is COCCN1C(=O)CCc2cc(O)ccc21. The summed E-state index contributed by atoms with van der Waals surface area (Å²) in [5.41, 5.74) is 1.92. The number of rotatable bonds is 3. The molecule has 0 spiro atoms. The van der Waals surface area contributed by atoms with E-state index in [-0.39, 0.29) is 11.7 Å². The van der Waals surface area contributed by atoms with Crippen LogP contribution in [0.15, 0.2) is 18.2 Å². The number of anilines is 1. The first-order valence-corrected chi connectivity index (χ1v) is 5.33. The van der Waals surface area contributed by atoms with Crippen LogP contribution in [0.3, 0.4) is 0 Å². The Kier molecular flexibility index (Phi) is 3.10. The van der Waals surface area contributed by atoms with Gasteiger partial charge in [-0.1, -0.05) is 0 Å². The van der Waals surface area contributed by atoms with Gasteiger partial charge in [-0.05, 0) is 30.2 Å². The number of carbonyl (C=O) groups excluding carboxylic acids is 1. The van der Waals surface area contributed by atoms with E-state index in [9.17, 15) is 9.90 Å². The van der Waals surface area contributed by atoms with Gasteiger partial charge < -0.3 is 14.7 Å². The molecule has 0 saturated carbocycles. The van der Waals surface area contributed by atoms with Gasteiger partial charge in [0.05, 0.1) is 6.61 Å². The number of ether oxygens (including phenoxy) is 1. The molecule has 0 unspecified atom stereocenters. The average Bonchev–Trinajstić information content (AvgIpc) is 2.28. The molecule has 1 N–H and O–H groups in total. The molecule has 1 aliphatic heterocycles. The number of phenols is 1. The minimum absolute atomic E-state index is 0.121. The molecule has 2 rings (SSSR count). The van der Waals surface area contributed by atoms with Crippen molar-refractivity contribution in [2.45, 2.75) is 12.8 Å². The number of phenolic OH excluding ortho intramolecular Hbond substituents is 1. The summed E-state index contributed by atoms with van der Waals surface area (Å²) < 4.78 is 4.99. The number of aryl methyl sites for hydroxylation is 1. The number of hydrogen-bond donors (Lipinski definition) is 1. The van der Waals surface area contributed by atoms with Crippen molar-refractivity contribution in [3.8, 4) is 5.75 Å². The highest BCUT2D eigenvalue weighted by atomic mass is 16.5. The highest BCUT2D eigenvalue weighted by Gasteiger charge is 2.23. The third-order valence-electron chi connectivity index (χ3n) is 2.78. The van der Waals surface area contributed by atoms with Crippen molar-refractivity contribution in [3.63, 3.8) is 0 Å². The highest BCUT2D eigenvalue weighted by molar-refractivity contribution is 5.96. The fourth-order valence-electron chi connectivity index (χ4n) is 1.97. The molecule has 86 valence electrons. The molecular formula is C12H15NO3. The molecule has 4 heteroatoms. The molecular weight excluding hydrogens is 206 g/mol. The van der Waals surface area contributed by atoms with Crippen LogP contribution < -0.4 is 4.90 Å². The van der Waals surface area contributed by atoms with E-state index in [0.29, 0.717) is 26.0 Å². The second-order valence-electron chi connectivity index (χ2n) is 3.85. The Hall–Kier alpha value is -1.55. The number of aromatic hydroxyl groups is 1. The third-order valence-corrected chi connectivity index (χ3v) is 2.78. The maximum atomic E-state index is 11.8. The van der Waals surface area contributed by atoms with Crippen molar-refractivity contribution in [1.82, 2.24) is 0 Å². The van der Waals surface area contributed by atoms with Gasteiger partial charge in [-0.15, -0.1) is 0 Å². The Morgan fingerprint density at radius 2 is 2.25 bits per heavy atom. The lowest BCUT2D eigenvalue weighted by Crippen LogP contribution is -2.37. The van der Waals surface area contributed by atoms with Gasteiger partial charge in [0.2, 0.25) is 5.91 Å². The van der Waals surface area contributed by atoms with Crippen LogP contribution >= 0.6 is 0 Å². The molecule has 1 aliphatic rings.